The maximum atomic E-state index is 4.89. The third kappa shape index (κ3) is 10.5. The fourth-order valence-corrected chi connectivity index (χ4v) is 1.03. The van der Waals surface area contributed by atoms with Crippen molar-refractivity contribution in [2.45, 2.75) is 26.7 Å². The van der Waals surface area contributed by atoms with Crippen molar-refractivity contribution in [3.8, 4) is 0 Å². The molecule has 3 heteroatoms. The van der Waals surface area contributed by atoms with Gasteiger partial charge in [-0.1, -0.05) is 13.8 Å². The molecule has 2 aliphatic rings. The van der Waals surface area contributed by atoms with Crippen LogP contribution in [0.4, 0.5) is 0 Å². The fraction of sp³-hybridized carbons (Fsp3) is 0.333. The van der Waals surface area contributed by atoms with Gasteiger partial charge < -0.3 is 0 Å². The van der Waals surface area contributed by atoms with Crippen molar-refractivity contribution < 1.29 is 17.0 Å². The summed E-state index contributed by atoms with van der Waals surface area (Å²) in [4.78, 5) is 0. The Morgan fingerprint density at radius 1 is 1.00 bits per heavy atom. The van der Waals surface area contributed by atoms with E-state index in [1.807, 2.05) is 0 Å². The van der Waals surface area contributed by atoms with Crippen molar-refractivity contribution in [3.05, 3.63) is 47.6 Å². The molecule has 0 amide bonds. The molecule has 0 N–H and O–H groups in total. The van der Waals surface area contributed by atoms with E-state index in [-0.39, 0.29) is 0 Å². The van der Waals surface area contributed by atoms with Gasteiger partial charge in [-0.3, -0.25) is 12.2 Å². The Labute approximate surface area is 109 Å². The zero-order chi connectivity index (χ0) is 11.5. The van der Waals surface area contributed by atoms with Crippen LogP contribution in [-0.4, -0.2) is 0 Å². The van der Waals surface area contributed by atoms with Crippen molar-refractivity contribution in [1.29, 1.82) is 0 Å². The number of hydrogen-bond acceptors (Lipinski definition) is 0. The molecule has 0 saturated heterocycles. The first-order valence-corrected chi connectivity index (χ1v) is 8.94. The molecule has 0 aromatic rings. The van der Waals surface area contributed by atoms with Crippen LogP contribution in [0.15, 0.2) is 35.5 Å². The van der Waals surface area contributed by atoms with Gasteiger partial charge in [-0.2, -0.15) is 12.2 Å². The molecule has 0 spiro atoms. The second-order valence-corrected chi connectivity index (χ2v) is 5.58. The van der Waals surface area contributed by atoms with Gasteiger partial charge in [0, 0.05) is 0 Å². The van der Waals surface area contributed by atoms with Crippen LogP contribution in [0, 0.1) is 12.2 Å². The number of hydrogen-bond donors (Lipinski definition) is 0. The zero-order valence-corrected chi connectivity index (χ0v) is 12.1. The molecule has 15 heavy (non-hydrogen) atoms. The van der Waals surface area contributed by atoms with Crippen molar-refractivity contribution in [2.24, 2.45) is 0 Å². The zero-order valence-electron chi connectivity index (χ0n) is 8.98. The van der Waals surface area contributed by atoms with Crippen LogP contribution < -0.4 is 0 Å². The molecule has 2 rings (SSSR count). The normalized spacial score (nSPS) is 15.7. The van der Waals surface area contributed by atoms with E-state index in [0.29, 0.717) is 0 Å². The average Bonchev–Trinajstić information content (AvgIpc) is 2.81. The van der Waals surface area contributed by atoms with Crippen LogP contribution >= 0.6 is 18.6 Å². The minimum absolute atomic E-state index is 0.556. The van der Waals surface area contributed by atoms with Gasteiger partial charge in [0.1, 0.15) is 0 Å². The van der Waals surface area contributed by atoms with Crippen LogP contribution in [0.1, 0.15) is 26.7 Å². The molecule has 0 unspecified atom stereocenters. The van der Waals surface area contributed by atoms with E-state index in [4.69, 9.17) is 18.6 Å². The molecule has 0 atom stereocenters. The molecular formula is C12H14Cl2Ti-2. The second kappa shape index (κ2) is 10.8. The van der Waals surface area contributed by atoms with Crippen molar-refractivity contribution in [1.82, 2.24) is 0 Å². The van der Waals surface area contributed by atoms with Crippen molar-refractivity contribution in [2.75, 3.05) is 0 Å². The SMILES string of the molecule is CC1=[C-]CC=C1.CC1=[C-]CC=C1.[Cl][Ti][Cl]. The molecule has 0 saturated carbocycles. The molecule has 0 aliphatic heterocycles. The molecule has 0 heterocycles. The Morgan fingerprint density at radius 3 is 1.40 bits per heavy atom. The Balaban J connectivity index is 0.000000210. The molecule has 82 valence electrons. The van der Waals surface area contributed by atoms with Crippen molar-refractivity contribution in [3.63, 3.8) is 0 Å². The van der Waals surface area contributed by atoms with Crippen LogP contribution in [0.5, 0.6) is 0 Å². The fourth-order valence-electron chi connectivity index (χ4n) is 1.03. The molecule has 2 aliphatic carbocycles. The van der Waals surface area contributed by atoms with Gasteiger partial charge in [0.2, 0.25) is 0 Å². The quantitative estimate of drug-likeness (QED) is 0.442. The molecule has 0 fully saturated rings. The van der Waals surface area contributed by atoms with Gasteiger partial charge in [0.25, 0.3) is 0 Å². The summed E-state index contributed by atoms with van der Waals surface area (Å²) in [6.07, 6.45) is 16.7. The van der Waals surface area contributed by atoms with Gasteiger partial charge in [-0.15, -0.1) is 12.8 Å². The Bertz CT molecular complexity index is 242. The van der Waals surface area contributed by atoms with Crippen LogP contribution in [-0.2, 0) is 17.0 Å². The number of halogens is 2. The summed E-state index contributed by atoms with van der Waals surface area (Å²) in [6, 6.07) is 0. The minimum atomic E-state index is -0.556. The summed E-state index contributed by atoms with van der Waals surface area (Å²) in [5, 5.41) is 0. The molecule has 0 radical (unpaired) electrons. The van der Waals surface area contributed by atoms with Crippen LogP contribution in [0.3, 0.4) is 0 Å². The van der Waals surface area contributed by atoms with E-state index >= 15 is 0 Å². The second-order valence-electron chi connectivity index (χ2n) is 3.00. The molecule has 0 nitrogen and oxygen atoms in total. The summed E-state index contributed by atoms with van der Waals surface area (Å²) in [5.74, 6) is 0. The summed E-state index contributed by atoms with van der Waals surface area (Å²) in [5.41, 5.74) is 2.55. The van der Waals surface area contributed by atoms with Gasteiger partial charge in [-0.25, -0.2) is 23.3 Å². The molecular weight excluding hydrogens is 263 g/mol. The topological polar surface area (TPSA) is 0 Å². The van der Waals surface area contributed by atoms with Gasteiger partial charge >= 0.3 is 35.6 Å². The summed E-state index contributed by atoms with van der Waals surface area (Å²) < 4.78 is 0. The Morgan fingerprint density at radius 2 is 1.33 bits per heavy atom. The molecule has 0 aromatic carbocycles. The summed E-state index contributed by atoms with van der Waals surface area (Å²) >= 11 is -0.556. The Hall–Kier alpha value is 0.254. The van der Waals surface area contributed by atoms with Crippen LogP contribution in [0.25, 0.3) is 0 Å². The average molecular weight is 277 g/mol. The van der Waals surface area contributed by atoms with Gasteiger partial charge in [0.15, 0.2) is 0 Å². The van der Waals surface area contributed by atoms with Gasteiger partial charge in [-0.05, 0) is 0 Å². The monoisotopic (exact) mass is 276 g/mol. The summed E-state index contributed by atoms with van der Waals surface area (Å²) in [6.45, 7) is 4.12. The van der Waals surface area contributed by atoms with Crippen molar-refractivity contribution >= 4 is 18.6 Å². The van der Waals surface area contributed by atoms with E-state index in [1.54, 1.807) is 0 Å². The molecule has 0 bridgehead atoms. The first-order chi connectivity index (χ1) is 7.20. The predicted octanol–water partition coefficient (Wildman–Crippen LogP) is 4.77. The van der Waals surface area contributed by atoms with Crippen LogP contribution in [0.2, 0.25) is 0 Å². The van der Waals surface area contributed by atoms with E-state index in [0.717, 1.165) is 12.8 Å². The standard InChI is InChI=1S/2C6H7.2ClH.Ti/c2*1-6-4-2-3-5-6;;;/h2*2,4H,3H2,1H3;2*1H;/q2*-1;;;+2/p-2. The molecule has 0 aromatic heterocycles. The third-order valence-electron chi connectivity index (χ3n) is 1.73. The maximum absolute atomic E-state index is 4.89. The number of allylic oxidation sites excluding steroid dienone is 8. The van der Waals surface area contributed by atoms with E-state index < -0.39 is 17.0 Å². The first kappa shape index (κ1) is 15.3. The Kier molecular flexibility index (Phi) is 10.9. The first-order valence-electron chi connectivity index (χ1n) is 4.65. The third-order valence-corrected chi connectivity index (χ3v) is 1.73. The van der Waals surface area contributed by atoms with E-state index in [1.165, 1.54) is 11.1 Å². The van der Waals surface area contributed by atoms with E-state index in [2.05, 4.69) is 50.3 Å². The number of rotatable bonds is 0. The predicted molar refractivity (Wildman–Crippen MR) is 64.1 cm³/mol. The van der Waals surface area contributed by atoms with Gasteiger partial charge in [0.05, 0.1) is 0 Å². The van der Waals surface area contributed by atoms with E-state index in [9.17, 15) is 0 Å². The summed E-state index contributed by atoms with van der Waals surface area (Å²) in [7, 11) is 9.78.